The number of para-hydroxylation sites is 1. The lowest BCUT2D eigenvalue weighted by Crippen LogP contribution is -2.47. The number of ether oxygens (including phenoxy) is 1. The number of aryl methyl sites for hydroxylation is 2. The minimum atomic E-state index is -0.0625. The van der Waals surface area contributed by atoms with Gasteiger partial charge in [-0.15, -0.1) is 0 Å². The summed E-state index contributed by atoms with van der Waals surface area (Å²) in [4.78, 5) is 16.9. The summed E-state index contributed by atoms with van der Waals surface area (Å²) < 4.78 is 5.58. The van der Waals surface area contributed by atoms with E-state index in [0.29, 0.717) is 6.54 Å². The minimum Gasteiger partial charge on any atom is -0.484 e. The predicted molar refractivity (Wildman–Crippen MR) is 114 cm³/mol. The Hall–Kier alpha value is -2.53. The molecule has 1 N–H and O–H groups in total. The molecule has 150 valence electrons. The fraction of sp³-hybridized carbons (Fsp3) is 0.435. The van der Waals surface area contributed by atoms with Crippen molar-refractivity contribution in [3.63, 3.8) is 0 Å². The highest BCUT2D eigenvalue weighted by molar-refractivity contribution is 5.77. The van der Waals surface area contributed by atoms with Crippen molar-refractivity contribution >= 4 is 11.6 Å². The van der Waals surface area contributed by atoms with E-state index in [0.717, 1.165) is 50.5 Å². The quantitative estimate of drug-likeness (QED) is 0.714. The van der Waals surface area contributed by atoms with Crippen molar-refractivity contribution in [1.82, 2.24) is 10.2 Å². The Morgan fingerprint density at radius 3 is 2.57 bits per heavy atom. The Kier molecular flexibility index (Phi) is 7.31. The van der Waals surface area contributed by atoms with Crippen molar-refractivity contribution in [1.29, 1.82) is 0 Å². The zero-order valence-corrected chi connectivity index (χ0v) is 17.0. The number of rotatable bonds is 8. The van der Waals surface area contributed by atoms with Gasteiger partial charge in [-0.05, 0) is 56.1 Å². The van der Waals surface area contributed by atoms with Crippen LogP contribution in [0.1, 0.15) is 17.5 Å². The molecule has 0 aliphatic carbocycles. The molecule has 1 heterocycles. The molecule has 0 saturated carbocycles. The number of anilines is 1. The van der Waals surface area contributed by atoms with Crippen LogP contribution < -0.4 is 15.0 Å². The molecule has 1 aliphatic rings. The second-order valence-electron chi connectivity index (χ2n) is 7.43. The standard InChI is InChI=1S/C23H31N3O2/c1-19-7-5-9-21(17-19)26-15-13-25(14-16-26)12-6-11-24-23(27)18-28-22-10-4-3-8-20(22)2/h3-5,7-10,17H,6,11-16,18H2,1-2H3,(H,24,27). The highest BCUT2D eigenvalue weighted by Crippen LogP contribution is 2.18. The van der Waals surface area contributed by atoms with E-state index >= 15 is 0 Å². The van der Waals surface area contributed by atoms with Crippen LogP contribution in [0.5, 0.6) is 5.75 Å². The third-order valence-electron chi connectivity index (χ3n) is 5.16. The van der Waals surface area contributed by atoms with Gasteiger partial charge in [0.2, 0.25) is 0 Å². The molecule has 5 nitrogen and oxygen atoms in total. The van der Waals surface area contributed by atoms with Crippen LogP contribution in [0.15, 0.2) is 48.5 Å². The molecule has 0 spiro atoms. The summed E-state index contributed by atoms with van der Waals surface area (Å²) in [6, 6.07) is 16.5. The lowest BCUT2D eigenvalue weighted by molar-refractivity contribution is -0.123. The van der Waals surface area contributed by atoms with Crippen LogP contribution in [-0.2, 0) is 4.79 Å². The fourth-order valence-corrected chi connectivity index (χ4v) is 3.50. The lowest BCUT2D eigenvalue weighted by Gasteiger charge is -2.36. The van der Waals surface area contributed by atoms with Crippen LogP contribution in [0.2, 0.25) is 0 Å². The maximum Gasteiger partial charge on any atom is 0.257 e. The molecule has 1 aliphatic heterocycles. The van der Waals surface area contributed by atoms with Crippen molar-refractivity contribution in [2.75, 3.05) is 50.8 Å². The molecule has 0 atom stereocenters. The van der Waals surface area contributed by atoms with Gasteiger partial charge in [0.25, 0.3) is 5.91 Å². The van der Waals surface area contributed by atoms with E-state index in [-0.39, 0.29) is 12.5 Å². The highest BCUT2D eigenvalue weighted by atomic mass is 16.5. The molecule has 0 radical (unpaired) electrons. The number of piperazine rings is 1. The van der Waals surface area contributed by atoms with Gasteiger partial charge in [0.05, 0.1) is 0 Å². The normalized spacial score (nSPS) is 14.7. The topological polar surface area (TPSA) is 44.8 Å². The summed E-state index contributed by atoms with van der Waals surface area (Å²) in [5.41, 5.74) is 3.67. The first-order chi connectivity index (χ1) is 13.6. The molecule has 0 unspecified atom stereocenters. The van der Waals surface area contributed by atoms with Gasteiger partial charge in [0.15, 0.2) is 6.61 Å². The number of amides is 1. The number of hydrogen-bond donors (Lipinski definition) is 1. The maximum atomic E-state index is 11.9. The van der Waals surface area contributed by atoms with Crippen molar-refractivity contribution in [3.8, 4) is 5.75 Å². The molecule has 0 bridgehead atoms. The zero-order valence-electron chi connectivity index (χ0n) is 17.0. The number of benzene rings is 2. The molecule has 1 amide bonds. The summed E-state index contributed by atoms with van der Waals surface area (Å²) in [6.45, 7) is 10.1. The largest absolute Gasteiger partial charge is 0.484 e. The van der Waals surface area contributed by atoms with Crippen LogP contribution in [0.25, 0.3) is 0 Å². The summed E-state index contributed by atoms with van der Waals surface area (Å²) in [7, 11) is 0. The molecule has 1 saturated heterocycles. The van der Waals surface area contributed by atoms with Gasteiger partial charge in [-0.2, -0.15) is 0 Å². The van der Waals surface area contributed by atoms with Crippen LogP contribution in [-0.4, -0.2) is 56.7 Å². The van der Waals surface area contributed by atoms with Crippen molar-refractivity contribution < 1.29 is 9.53 Å². The van der Waals surface area contributed by atoms with Gasteiger partial charge >= 0.3 is 0 Å². The summed E-state index contributed by atoms with van der Waals surface area (Å²) >= 11 is 0. The molecule has 0 aromatic heterocycles. The monoisotopic (exact) mass is 381 g/mol. The van der Waals surface area contributed by atoms with Crippen molar-refractivity contribution in [2.24, 2.45) is 0 Å². The number of carbonyl (C=O) groups excluding carboxylic acids is 1. The van der Waals surface area contributed by atoms with Crippen LogP contribution in [0.3, 0.4) is 0 Å². The van der Waals surface area contributed by atoms with E-state index in [2.05, 4.69) is 46.3 Å². The Bertz CT molecular complexity index is 770. The van der Waals surface area contributed by atoms with Gasteiger partial charge in [-0.1, -0.05) is 30.3 Å². The Labute approximate surface area is 168 Å². The first-order valence-corrected chi connectivity index (χ1v) is 10.1. The minimum absolute atomic E-state index is 0.0625. The average molecular weight is 382 g/mol. The van der Waals surface area contributed by atoms with Crippen molar-refractivity contribution in [2.45, 2.75) is 20.3 Å². The SMILES string of the molecule is Cc1cccc(N2CCN(CCCNC(=O)COc3ccccc3C)CC2)c1. The van der Waals surface area contributed by atoms with Crippen molar-refractivity contribution in [3.05, 3.63) is 59.7 Å². The van der Waals surface area contributed by atoms with E-state index in [1.54, 1.807) is 0 Å². The molecular weight excluding hydrogens is 350 g/mol. The van der Waals surface area contributed by atoms with Crippen LogP contribution >= 0.6 is 0 Å². The van der Waals surface area contributed by atoms with E-state index in [1.807, 2.05) is 31.2 Å². The zero-order chi connectivity index (χ0) is 19.8. The number of nitrogens with one attached hydrogen (secondary N) is 1. The van der Waals surface area contributed by atoms with Gasteiger partial charge in [-0.25, -0.2) is 0 Å². The molecule has 2 aromatic rings. The van der Waals surface area contributed by atoms with E-state index in [9.17, 15) is 4.79 Å². The first kappa shape index (κ1) is 20.2. The second-order valence-corrected chi connectivity index (χ2v) is 7.43. The predicted octanol–water partition coefficient (Wildman–Crippen LogP) is 3.01. The Morgan fingerprint density at radius 1 is 1.04 bits per heavy atom. The number of nitrogens with zero attached hydrogens (tertiary/aromatic N) is 2. The molecular formula is C23H31N3O2. The fourth-order valence-electron chi connectivity index (χ4n) is 3.50. The number of hydrogen-bond acceptors (Lipinski definition) is 4. The van der Waals surface area contributed by atoms with Crippen LogP contribution in [0.4, 0.5) is 5.69 Å². The second kappa shape index (κ2) is 10.1. The van der Waals surface area contributed by atoms with E-state index < -0.39 is 0 Å². The van der Waals surface area contributed by atoms with Crippen LogP contribution in [0, 0.1) is 13.8 Å². The third-order valence-corrected chi connectivity index (χ3v) is 5.16. The third kappa shape index (κ3) is 5.99. The number of carbonyl (C=O) groups is 1. The lowest BCUT2D eigenvalue weighted by atomic mass is 10.2. The van der Waals surface area contributed by atoms with Gasteiger partial charge in [0.1, 0.15) is 5.75 Å². The molecule has 2 aromatic carbocycles. The average Bonchev–Trinajstić information content (AvgIpc) is 2.71. The highest BCUT2D eigenvalue weighted by Gasteiger charge is 2.16. The maximum absolute atomic E-state index is 11.9. The summed E-state index contributed by atoms with van der Waals surface area (Å²) in [5.74, 6) is 0.705. The van der Waals surface area contributed by atoms with E-state index in [1.165, 1.54) is 11.3 Å². The summed E-state index contributed by atoms with van der Waals surface area (Å²) in [6.07, 6.45) is 0.959. The van der Waals surface area contributed by atoms with Gasteiger partial charge in [0, 0.05) is 38.4 Å². The molecule has 1 fully saturated rings. The van der Waals surface area contributed by atoms with E-state index in [4.69, 9.17) is 4.74 Å². The van der Waals surface area contributed by atoms with Gasteiger partial charge in [-0.3, -0.25) is 9.69 Å². The van der Waals surface area contributed by atoms with Gasteiger partial charge < -0.3 is 15.0 Å². The molecule has 3 rings (SSSR count). The molecule has 5 heteroatoms. The Morgan fingerprint density at radius 2 is 1.82 bits per heavy atom. The summed E-state index contributed by atoms with van der Waals surface area (Å²) in [5, 5.41) is 2.95. The Balaban J connectivity index is 1.29. The smallest absolute Gasteiger partial charge is 0.257 e. The molecule has 28 heavy (non-hydrogen) atoms. The first-order valence-electron chi connectivity index (χ1n) is 10.1.